The molecule has 2 aromatic carbocycles. The van der Waals surface area contributed by atoms with Crippen LogP contribution in [0.15, 0.2) is 53.6 Å². The molecule has 0 bridgehead atoms. The van der Waals surface area contributed by atoms with E-state index in [1.165, 1.54) is 12.1 Å². The predicted molar refractivity (Wildman–Crippen MR) is 75.9 cm³/mol. The summed E-state index contributed by atoms with van der Waals surface area (Å²) in [5.74, 6) is -0.207. The van der Waals surface area contributed by atoms with E-state index >= 15 is 0 Å². The molecule has 0 aromatic heterocycles. The third-order valence-electron chi connectivity index (χ3n) is 2.72. The number of hydrazone groups is 1. The van der Waals surface area contributed by atoms with Crippen LogP contribution >= 0.6 is 0 Å². The Morgan fingerprint density at radius 3 is 2.35 bits per heavy atom. The van der Waals surface area contributed by atoms with E-state index < -0.39 is 5.91 Å². The van der Waals surface area contributed by atoms with Crippen LogP contribution in [-0.4, -0.2) is 21.8 Å². The Hall–Kier alpha value is -2.82. The second-order valence-electron chi connectivity index (χ2n) is 4.24. The van der Waals surface area contributed by atoms with Crippen LogP contribution < -0.4 is 5.43 Å². The number of aromatic hydroxyl groups is 2. The molecule has 0 spiro atoms. The lowest BCUT2D eigenvalue weighted by molar-refractivity contribution is 0.0954. The Kier molecular flexibility index (Phi) is 4.00. The van der Waals surface area contributed by atoms with E-state index in [2.05, 4.69) is 10.5 Å². The number of carbonyl (C=O) groups excluding carboxylic acids is 1. The van der Waals surface area contributed by atoms with Gasteiger partial charge in [-0.2, -0.15) is 5.10 Å². The second-order valence-corrected chi connectivity index (χ2v) is 4.24. The maximum absolute atomic E-state index is 11.8. The average Bonchev–Trinajstić information content (AvgIpc) is 2.45. The molecule has 0 aliphatic rings. The molecule has 3 N–H and O–H groups in total. The molecule has 0 aliphatic carbocycles. The van der Waals surface area contributed by atoms with Crippen LogP contribution in [0.3, 0.4) is 0 Å². The number of hydrogen-bond donors (Lipinski definition) is 3. The summed E-state index contributed by atoms with van der Waals surface area (Å²) >= 11 is 0. The van der Waals surface area contributed by atoms with Crippen molar-refractivity contribution in [3.63, 3.8) is 0 Å². The molecule has 0 heterocycles. The number of benzene rings is 2. The van der Waals surface area contributed by atoms with Crippen LogP contribution in [0.25, 0.3) is 0 Å². The number of hydrogen-bond acceptors (Lipinski definition) is 4. The fourth-order valence-corrected chi connectivity index (χ4v) is 1.61. The third kappa shape index (κ3) is 3.35. The maximum Gasteiger partial charge on any atom is 0.271 e. The summed E-state index contributed by atoms with van der Waals surface area (Å²) in [6.07, 6.45) is 0. The first-order chi connectivity index (χ1) is 9.56. The number of nitrogens with one attached hydrogen (secondary N) is 1. The number of phenols is 2. The maximum atomic E-state index is 11.8. The van der Waals surface area contributed by atoms with E-state index in [4.69, 9.17) is 0 Å². The van der Waals surface area contributed by atoms with Gasteiger partial charge in [0.25, 0.3) is 5.91 Å². The van der Waals surface area contributed by atoms with Crippen LogP contribution in [-0.2, 0) is 0 Å². The van der Waals surface area contributed by atoms with Gasteiger partial charge < -0.3 is 10.2 Å². The summed E-state index contributed by atoms with van der Waals surface area (Å²) in [5, 5.41) is 22.5. The molecule has 20 heavy (non-hydrogen) atoms. The lowest BCUT2D eigenvalue weighted by Gasteiger charge is -2.03. The summed E-state index contributed by atoms with van der Waals surface area (Å²) in [6.45, 7) is 1.75. The number of amides is 1. The zero-order valence-electron chi connectivity index (χ0n) is 10.9. The first kappa shape index (κ1) is 13.6. The molecule has 0 radical (unpaired) electrons. The van der Waals surface area contributed by atoms with Gasteiger partial charge >= 0.3 is 0 Å². The normalized spacial score (nSPS) is 11.2. The van der Waals surface area contributed by atoms with Crippen molar-refractivity contribution in [2.24, 2.45) is 5.10 Å². The molecule has 5 nitrogen and oxygen atoms in total. The zero-order chi connectivity index (χ0) is 14.5. The molecule has 5 heteroatoms. The van der Waals surface area contributed by atoms with E-state index in [-0.39, 0.29) is 11.5 Å². The molecule has 2 aromatic rings. The summed E-state index contributed by atoms with van der Waals surface area (Å²) in [6, 6.07) is 12.5. The average molecular weight is 270 g/mol. The third-order valence-corrected chi connectivity index (χ3v) is 2.72. The van der Waals surface area contributed by atoms with E-state index in [0.29, 0.717) is 11.3 Å². The number of rotatable bonds is 3. The van der Waals surface area contributed by atoms with Crippen molar-refractivity contribution in [3.8, 4) is 11.5 Å². The first-order valence-electron chi connectivity index (χ1n) is 5.99. The highest BCUT2D eigenvalue weighted by Gasteiger charge is 2.05. The molecule has 102 valence electrons. The summed E-state index contributed by atoms with van der Waals surface area (Å²) in [5.41, 5.74) is 4.14. The molecule has 0 fully saturated rings. The molecular weight excluding hydrogens is 256 g/mol. The first-order valence-corrected chi connectivity index (χ1v) is 5.99. The molecule has 0 aliphatic heterocycles. The monoisotopic (exact) mass is 270 g/mol. The molecule has 0 atom stereocenters. The molecule has 1 amide bonds. The minimum absolute atomic E-state index is 0.0249. The quantitative estimate of drug-likeness (QED) is 0.591. The minimum Gasteiger partial charge on any atom is -0.508 e. The molecule has 0 unspecified atom stereocenters. The Morgan fingerprint density at radius 1 is 1.00 bits per heavy atom. The van der Waals surface area contributed by atoms with Crippen LogP contribution in [0.1, 0.15) is 22.8 Å². The fraction of sp³-hybridized carbons (Fsp3) is 0.0667. The van der Waals surface area contributed by atoms with Crippen LogP contribution in [0.2, 0.25) is 0 Å². The molecule has 0 saturated carbocycles. The van der Waals surface area contributed by atoms with Crippen LogP contribution in [0.5, 0.6) is 11.5 Å². The fourth-order valence-electron chi connectivity index (χ4n) is 1.61. The van der Waals surface area contributed by atoms with Gasteiger partial charge in [-0.3, -0.25) is 4.79 Å². The summed E-state index contributed by atoms with van der Waals surface area (Å²) < 4.78 is 0. The van der Waals surface area contributed by atoms with Crippen molar-refractivity contribution in [3.05, 3.63) is 59.7 Å². The van der Waals surface area contributed by atoms with Gasteiger partial charge in [0, 0.05) is 5.56 Å². The largest absolute Gasteiger partial charge is 0.508 e. The van der Waals surface area contributed by atoms with Crippen molar-refractivity contribution < 1.29 is 15.0 Å². The zero-order valence-corrected chi connectivity index (χ0v) is 10.9. The standard InChI is InChI=1S/C15H14N2O3/c1-10(11-5-7-13(18)8-6-11)16-17-15(20)12-3-2-4-14(19)9-12/h2-9,18-19H,1H3,(H,17,20). The Balaban J connectivity index is 2.08. The van der Waals surface area contributed by atoms with E-state index in [1.54, 1.807) is 43.3 Å². The van der Waals surface area contributed by atoms with Crippen molar-refractivity contribution in [1.82, 2.24) is 5.43 Å². The molecule has 0 saturated heterocycles. The smallest absolute Gasteiger partial charge is 0.271 e. The van der Waals surface area contributed by atoms with Gasteiger partial charge in [-0.1, -0.05) is 6.07 Å². The number of carbonyl (C=O) groups is 1. The highest BCUT2D eigenvalue weighted by molar-refractivity contribution is 6.01. The Morgan fingerprint density at radius 2 is 1.70 bits per heavy atom. The highest BCUT2D eigenvalue weighted by atomic mass is 16.3. The van der Waals surface area contributed by atoms with Gasteiger partial charge in [-0.05, 0) is 55.0 Å². The lowest BCUT2D eigenvalue weighted by atomic mass is 10.1. The van der Waals surface area contributed by atoms with Gasteiger partial charge in [0.1, 0.15) is 11.5 Å². The van der Waals surface area contributed by atoms with Crippen molar-refractivity contribution >= 4 is 11.6 Å². The Labute approximate surface area is 116 Å². The highest BCUT2D eigenvalue weighted by Crippen LogP contribution is 2.11. The molecular formula is C15H14N2O3. The predicted octanol–water partition coefficient (Wildman–Crippen LogP) is 2.25. The van der Waals surface area contributed by atoms with Gasteiger partial charge in [-0.15, -0.1) is 0 Å². The van der Waals surface area contributed by atoms with Crippen LogP contribution in [0.4, 0.5) is 0 Å². The van der Waals surface area contributed by atoms with Crippen LogP contribution in [0, 0.1) is 0 Å². The van der Waals surface area contributed by atoms with Crippen molar-refractivity contribution in [2.45, 2.75) is 6.92 Å². The number of phenolic OH excluding ortho intramolecular Hbond substituents is 2. The topological polar surface area (TPSA) is 81.9 Å². The van der Waals surface area contributed by atoms with Gasteiger partial charge in [-0.25, -0.2) is 5.43 Å². The second kappa shape index (κ2) is 5.88. The van der Waals surface area contributed by atoms with E-state index in [0.717, 1.165) is 5.56 Å². The lowest BCUT2D eigenvalue weighted by Crippen LogP contribution is -2.19. The molecule has 2 rings (SSSR count). The number of nitrogens with zero attached hydrogens (tertiary/aromatic N) is 1. The van der Waals surface area contributed by atoms with Gasteiger partial charge in [0.15, 0.2) is 0 Å². The van der Waals surface area contributed by atoms with Crippen molar-refractivity contribution in [1.29, 1.82) is 0 Å². The summed E-state index contributed by atoms with van der Waals surface area (Å²) in [7, 11) is 0. The van der Waals surface area contributed by atoms with Crippen molar-refractivity contribution in [2.75, 3.05) is 0 Å². The van der Waals surface area contributed by atoms with Gasteiger partial charge in [0.05, 0.1) is 5.71 Å². The van der Waals surface area contributed by atoms with Gasteiger partial charge in [0.2, 0.25) is 0 Å². The van der Waals surface area contributed by atoms with E-state index in [1.807, 2.05) is 0 Å². The summed E-state index contributed by atoms with van der Waals surface area (Å²) in [4.78, 5) is 11.8. The Bertz CT molecular complexity index is 648. The van der Waals surface area contributed by atoms with E-state index in [9.17, 15) is 15.0 Å². The SMILES string of the molecule is CC(=NNC(=O)c1cccc(O)c1)c1ccc(O)cc1. The minimum atomic E-state index is -0.404.